The van der Waals surface area contributed by atoms with Crippen molar-refractivity contribution >= 4 is 15.7 Å². The number of ether oxygens (including phenoxy) is 3. The zero-order valence-electron chi connectivity index (χ0n) is 16.6. The van der Waals surface area contributed by atoms with Gasteiger partial charge in [0.05, 0.1) is 37.4 Å². The molecule has 1 aromatic carbocycles. The first-order valence-electron chi connectivity index (χ1n) is 9.69. The number of morpholine rings is 1. The predicted octanol–water partition coefficient (Wildman–Crippen LogP) is 1.39. The smallest absolute Gasteiger partial charge is 0.293 e. The Morgan fingerprint density at radius 1 is 1.14 bits per heavy atom. The molecule has 2 heterocycles. The van der Waals surface area contributed by atoms with E-state index in [9.17, 15) is 18.5 Å². The van der Waals surface area contributed by atoms with E-state index in [-0.39, 0.29) is 30.0 Å². The van der Waals surface area contributed by atoms with Crippen LogP contribution < -0.4 is 14.2 Å². The molecular formula is C18H27N3O7S. The van der Waals surface area contributed by atoms with Gasteiger partial charge in [0.25, 0.3) is 5.69 Å². The molecular weight excluding hydrogens is 402 g/mol. The zero-order valence-corrected chi connectivity index (χ0v) is 17.4. The molecule has 0 aromatic heterocycles. The van der Waals surface area contributed by atoms with Crippen molar-refractivity contribution in [2.24, 2.45) is 5.92 Å². The van der Waals surface area contributed by atoms with Crippen LogP contribution in [0.4, 0.5) is 5.69 Å². The van der Waals surface area contributed by atoms with Crippen LogP contribution in [0, 0.1) is 16.0 Å². The van der Waals surface area contributed by atoms with Gasteiger partial charge in [0, 0.05) is 38.2 Å². The van der Waals surface area contributed by atoms with Gasteiger partial charge in [-0.3, -0.25) is 15.0 Å². The summed E-state index contributed by atoms with van der Waals surface area (Å²) in [6.45, 7) is 7.52. The first-order chi connectivity index (χ1) is 13.8. The lowest BCUT2D eigenvalue weighted by Gasteiger charge is -2.36. The van der Waals surface area contributed by atoms with Gasteiger partial charge in [-0.25, -0.2) is 13.1 Å². The number of rotatable bonds is 7. The summed E-state index contributed by atoms with van der Waals surface area (Å²) >= 11 is 0. The van der Waals surface area contributed by atoms with E-state index in [4.69, 9.17) is 14.2 Å². The Morgan fingerprint density at radius 3 is 2.34 bits per heavy atom. The molecule has 162 valence electrons. The Balaban J connectivity index is 1.85. The lowest BCUT2D eigenvalue weighted by Crippen LogP contribution is -2.51. The van der Waals surface area contributed by atoms with Crippen molar-refractivity contribution in [3.63, 3.8) is 0 Å². The summed E-state index contributed by atoms with van der Waals surface area (Å²) in [5, 5.41) is 11.5. The molecule has 2 aliphatic heterocycles. The lowest BCUT2D eigenvalue weighted by molar-refractivity contribution is -0.387. The molecule has 1 atom stereocenters. The maximum Gasteiger partial charge on any atom is 0.293 e. The van der Waals surface area contributed by atoms with Crippen LogP contribution in [0.2, 0.25) is 0 Å². The third-order valence-corrected chi connectivity index (χ3v) is 6.53. The maximum atomic E-state index is 13.0. The maximum absolute atomic E-state index is 13.0. The Kier molecular flexibility index (Phi) is 6.93. The minimum Gasteiger partial charge on any atom is -0.490 e. The van der Waals surface area contributed by atoms with E-state index in [1.54, 1.807) is 0 Å². The zero-order chi connectivity index (χ0) is 21.0. The molecule has 29 heavy (non-hydrogen) atoms. The van der Waals surface area contributed by atoms with Crippen LogP contribution >= 0.6 is 0 Å². The normalized spacial score (nSPS) is 19.0. The van der Waals surface area contributed by atoms with Crippen LogP contribution in [-0.2, 0) is 14.8 Å². The van der Waals surface area contributed by atoms with Crippen molar-refractivity contribution in [1.82, 2.24) is 9.62 Å². The fraction of sp³-hybridized carbons (Fsp3) is 0.667. The second-order valence-electron chi connectivity index (χ2n) is 7.39. The summed E-state index contributed by atoms with van der Waals surface area (Å²) in [5.74, 6) is 0.568. The van der Waals surface area contributed by atoms with Crippen molar-refractivity contribution in [2.45, 2.75) is 31.2 Å². The number of nitrogens with zero attached hydrogens (tertiary/aromatic N) is 2. The Bertz CT molecular complexity index is 838. The van der Waals surface area contributed by atoms with Crippen LogP contribution in [0.1, 0.15) is 20.3 Å². The third-order valence-electron chi connectivity index (χ3n) is 5.08. The highest BCUT2D eigenvalue weighted by molar-refractivity contribution is 7.89. The summed E-state index contributed by atoms with van der Waals surface area (Å²) in [6, 6.07) is 2.25. The van der Waals surface area contributed by atoms with Crippen molar-refractivity contribution < 1.29 is 27.6 Å². The monoisotopic (exact) mass is 429 g/mol. The first kappa shape index (κ1) is 21.8. The average molecular weight is 429 g/mol. The molecule has 11 heteroatoms. The number of hydrogen-bond acceptors (Lipinski definition) is 8. The molecule has 2 aliphatic rings. The number of nitro benzene ring substituents is 1. The Labute approximate surface area is 170 Å². The minimum atomic E-state index is -4.13. The number of fused-ring (bicyclic) bond motifs is 1. The van der Waals surface area contributed by atoms with Crippen molar-refractivity contribution in [1.29, 1.82) is 0 Å². The van der Waals surface area contributed by atoms with E-state index in [2.05, 4.69) is 9.62 Å². The molecule has 1 N–H and O–H groups in total. The number of sulfonamides is 1. The van der Waals surface area contributed by atoms with E-state index in [0.29, 0.717) is 32.8 Å². The van der Waals surface area contributed by atoms with Crippen molar-refractivity contribution in [3.8, 4) is 11.5 Å². The Morgan fingerprint density at radius 2 is 1.76 bits per heavy atom. The van der Waals surface area contributed by atoms with E-state index >= 15 is 0 Å². The van der Waals surface area contributed by atoms with Crippen LogP contribution in [0.25, 0.3) is 0 Å². The molecule has 0 bridgehead atoms. The Hall–Kier alpha value is -1.95. The largest absolute Gasteiger partial charge is 0.490 e. The van der Waals surface area contributed by atoms with Gasteiger partial charge < -0.3 is 14.2 Å². The first-order valence-corrected chi connectivity index (χ1v) is 11.2. The van der Waals surface area contributed by atoms with Gasteiger partial charge in [-0.05, 0) is 5.92 Å². The van der Waals surface area contributed by atoms with Crippen LogP contribution in [-0.4, -0.2) is 70.3 Å². The number of benzene rings is 1. The molecule has 0 spiro atoms. The predicted molar refractivity (Wildman–Crippen MR) is 105 cm³/mol. The van der Waals surface area contributed by atoms with E-state index in [1.807, 2.05) is 13.8 Å². The highest BCUT2D eigenvalue weighted by Gasteiger charge is 2.32. The summed E-state index contributed by atoms with van der Waals surface area (Å²) in [6.07, 6.45) is 0.610. The van der Waals surface area contributed by atoms with Crippen LogP contribution in [0.3, 0.4) is 0 Å². The molecule has 1 fully saturated rings. The highest BCUT2D eigenvalue weighted by atomic mass is 32.2. The summed E-state index contributed by atoms with van der Waals surface area (Å²) in [7, 11) is -4.13. The van der Waals surface area contributed by atoms with Crippen LogP contribution in [0.5, 0.6) is 11.5 Å². The molecule has 0 amide bonds. The van der Waals surface area contributed by atoms with Gasteiger partial charge in [-0.1, -0.05) is 13.8 Å². The average Bonchev–Trinajstić information content (AvgIpc) is 2.92. The van der Waals surface area contributed by atoms with Gasteiger partial charge in [0.1, 0.15) is 0 Å². The third kappa shape index (κ3) is 5.16. The molecule has 0 unspecified atom stereocenters. The number of nitro groups is 1. The number of nitrogens with one attached hydrogen (secondary N) is 1. The summed E-state index contributed by atoms with van der Waals surface area (Å²) in [5.41, 5.74) is -0.533. The summed E-state index contributed by atoms with van der Waals surface area (Å²) in [4.78, 5) is 12.6. The lowest BCUT2D eigenvalue weighted by atomic mass is 10.0. The van der Waals surface area contributed by atoms with Gasteiger partial charge >= 0.3 is 0 Å². The second-order valence-corrected chi connectivity index (χ2v) is 9.12. The fourth-order valence-electron chi connectivity index (χ4n) is 3.51. The minimum absolute atomic E-state index is 0.0480. The van der Waals surface area contributed by atoms with Gasteiger partial charge in [0.15, 0.2) is 16.4 Å². The van der Waals surface area contributed by atoms with Gasteiger partial charge in [-0.15, -0.1) is 0 Å². The molecule has 1 aromatic rings. The van der Waals surface area contributed by atoms with E-state index < -0.39 is 25.5 Å². The van der Waals surface area contributed by atoms with Crippen LogP contribution in [0.15, 0.2) is 17.0 Å². The molecule has 1 saturated heterocycles. The molecule has 0 saturated carbocycles. The highest BCUT2D eigenvalue weighted by Crippen LogP contribution is 2.38. The SMILES string of the molecule is CC(C)[C@H](CNS(=O)(=O)c1cc2c(cc1[N+](=O)[O-])OCCCO2)N1CCOCC1. The standard InChI is InChI=1S/C18H27N3O7S/c1-13(2)15(20-4-8-26-9-5-20)12-19-29(24,25)18-11-17-16(10-14(18)21(22)23)27-6-3-7-28-17/h10-11,13,15,19H,3-9,12H2,1-2H3/t15-/m0/s1. The topological polar surface area (TPSA) is 120 Å². The fourth-order valence-corrected chi connectivity index (χ4v) is 4.72. The molecule has 0 aliphatic carbocycles. The number of hydrogen-bond donors (Lipinski definition) is 1. The molecule has 10 nitrogen and oxygen atoms in total. The molecule has 0 radical (unpaired) electrons. The van der Waals surface area contributed by atoms with E-state index in [1.165, 1.54) is 6.07 Å². The summed E-state index contributed by atoms with van der Waals surface area (Å²) < 4.78 is 44.9. The van der Waals surface area contributed by atoms with Crippen molar-refractivity contribution in [3.05, 3.63) is 22.2 Å². The quantitative estimate of drug-likeness (QED) is 0.510. The van der Waals surface area contributed by atoms with E-state index in [0.717, 1.165) is 19.2 Å². The van der Waals surface area contributed by atoms with Gasteiger partial charge in [0.2, 0.25) is 10.0 Å². The van der Waals surface area contributed by atoms with Gasteiger partial charge in [-0.2, -0.15) is 0 Å². The van der Waals surface area contributed by atoms with Crippen molar-refractivity contribution in [2.75, 3.05) is 46.1 Å². The molecule has 3 rings (SSSR count). The second kappa shape index (κ2) is 9.24.